The normalized spacial score (nSPS) is 9.08. The highest BCUT2D eigenvalue weighted by Gasteiger charge is 1.99. The van der Waals surface area contributed by atoms with Crippen LogP contribution in [0, 0.1) is 6.92 Å². The van der Waals surface area contributed by atoms with Gasteiger partial charge in [0, 0.05) is 18.6 Å². The molecule has 0 aliphatic rings. The van der Waals surface area contributed by atoms with Crippen molar-refractivity contribution < 1.29 is 0 Å². The van der Waals surface area contributed by atoms with E-state index in [0.29, 0.717) is 0 Å². The van der Waals surface area contributed by atoms with Crippen LogP contribution in [0.4, 0.5) is 5.82 Å². The number of pyridine rings is 1. The van der Waals surface area contributed by atoms with Crippen molar-refractivity contribution in [3.63, 3.8) is 0 Å². The number of aryl methyl sites for hydroxylation is 1. The second-order valence-electron chi connectivity index (χ2n) is 2.31. The van der Waals surface area contributed by atoms with Gasteiger partial charge in [-0.3, -0.25) is 0 Å². The minimum absolute atomic E-state index is 0.736. The number of rotatable bonds is 3. The predicted octanol–water partition coefficient (Wildman–Crippen LogP) is 1.96. The summed E-state index contributed by atoms with van der Waals surface area (Å²) >= 11 is 0. The van der Waals surface area contributed by atoms with Crippen molar-refractivity contribution in [2.45, 2.75) is 6.92 Å². The molecule has 62 valence electrons. The van der Waals surface area contributed by atoms with Crippen LogP contribution in [0.15, 0.2) is 36.1 Å². The van der Waals surface area contributed by atoms with Crippen LogP contribution in [0.25, 0.3) is 0 Å². The molecule has 0 N–H and O–H groups in total. The molecule has 0 aromatic carbocycles. The van der Waals surface area contributed by atoms with Crippen molar-refractivity contribution in [3.8, 4) is 0 Å². The summed E-state index contributed by atoms with van der Waals surface area (Å²) in [7, 11) is 0. The van der Waals surface area contributed by atoms with Crippen LogP contribution < -0.4 is 5.01 Å². The smallest absolute Gasteiger partial charge is 0.153 e. The lowest BCUT2D eigenvalue weighted by Gasteiger charge is -2.11. The maximum atomic E-state index is 4.24. The number of aromatic nitrogens is 1. The van der Waals surface area contributed by atoms with Crippen LogP contribution in [0.5, 0.6) is 0 Å². The molecule has 0 amide bonds. The zero-order valence-electron chi connectivity index (χ0n) is 7.07. The number of anilines is 1. The molecular formula is C9H11N3. The lowest BCUT2D eigenvalue weighted by molar-refractivity contribution is 1.02. The van der Waals surface area contributed by atoms with E-state index in [2.05, 4.69) is 23.4 Å². The lowest BCUT2D eigenvalue weighted by atomic mass is 10.4. The molecule has 0 atom stereocenters. The largest absolute Gasteiger partial charge is 0.234 e. The van der Waals surface area contributed by atoms with Crippen molar-refractivity contribution in [1.82, 2.24) is 4.98 Å². The Morgan fingerprint density at radius 3 is 2.83 bits per heavy atom. The van der Waals surface area contributed by atoms with E-state index in [-0.39, 0.29) is 0 Å². The lowest BCUT2D eigenvalue weighted by Crippen LogP contribution is -2.07. The van der Waals surface area contributed by atoms with Crippen LogP contribution in [-0.4, -0.2) is 11.7 Å². The fourth-order valence-corrected chi connectivity index (χ4v) is 0.880. The molecule has 0 aliphatic carbocycles. The van der Waals surface area contributed by atoms with Gasteiger partial charge in [0.2, 0.25) is 0 Å². The van der Waals surface area contributed by atoms with Gasteiger partial charge in [0.05, 0.1) is 0 Å². The third kappa shape index (κ3) is 1.69. The van der Waals surface area contributed by atoms with Gasteiger partial charge in [-0.2, -0.15) is 5.10 Å². The molecule has 3 heteroatoms. The van der Waals surface area contributed by atoms with Crippen molar-refractivity contribution in [1.29, 1.82) is 0 Å². The van der Waals surface area contributed by atoms with Crippen LogP contribution in [0.1, 0.15) is 5.69 Å². The number of hydrazone groups is 1. The summed E-state index contributed by atoms with van der Waals surface area (Å²) in [6.07, 6.45) is 1.56. The Balaban J connectivity index is 3.00. The number of nitrogens with zero attached hydrogens (tertiary/aromatic N) is 3. The summed E-state index contributed by atoms with van der Waals surface area (Å²) in [4.78, 5) is 4.24. The van der Waals surface area contributed by atoms with E-state index < -0.39 is 0 Å². The van der Waals surface area contributed by atoms with Crippen molar-refractivity contribution >= 4 is 12.5 Å². The quantitative estimate of drug-likeness (QED) is 0.500. The van der Waals surface area contributed by atoms with Gasteiger partial charge in [0.1, 0.15) is 0 Å². The Bertz CT molecular complexity index is 286. The Labute approximate surface area is 72.0 Å². The summed E-state index contributed by atoms with van der Waals surface area (Å²) < 4.78 is 0. The average Bonchev–Trinajstić information content (AvgIpc) is 2.07. The first-order valence-electron chi connectivity index (χ1n) is 3.60. The molecule has 0 bridgehead atoms. The first-order valence-corrected chi connectivity index (χ1v) is 3.60. The van der Waals surface area contributed by atoms with Gasteiger partial charge in [0.25, 0.3) is 0 Å². The zero-order chi connectivity index (χ0) is 8.97. The molecule has 12 heavy (non-hydrogen) atoms. The predicted molar refractivity (Wildman–Crippen MR) is 51.2 cm³/mol. The highest BCUT2D eigenvalue weighted by Crippen LogP contribution is 2.10. The second kappa shape index (κ2) is 3.67. The highest BCUT2D eigenvalue weighted by molar-refractivity contribution is 5.44. The molecule has 0 saturated carbocycles. The summed E-state index contributed by atoms with van der Waals surface area (Å²) in [6.45, 7) is 8.92. The van der Waals surface area contributed by atoms with Gasteiger partial charge in [0.15, 0.2) is 5.82 Å². The average molecular weight is 161 g/mol. The fraction of sp³-hybridized carbons (Fsp3) is 0.111. The summed E-state index contributed by atoms with van der Waals surface area (Å²) in [5.74, 6) is 0.736. The molecule has 0 radical (unpaired) electrons. The number of hydrogen-bond acceptors (Lipinski definition) is 3. The monoisotopic (exact) mass is 161 g/mol. The molecule has 1 heterocycles. The number of hydrogen-bond donors (Lipinski definition) is 0. The zero-order valence-corrected chi connectivity index (χ0v) is 7.07. The molecule has 3 nitrogen and oxygen atoms in total. The van der Waals surface area contributed by atoms with E-state index in [9.17, 15) is 0 Å². The van der Waals surface area contributed by atoms with E-state index >= 15 is 0 Å². The van der Waals surface area contributed by atoms with Gasteiger partial charge in [-0.05, 0) is 19.1 Å². The van der Waals surface area contributed by atoms with Gasteiger partial charge in [-0.15, -0.1) is 0 Å². The first-order chi connectivity index (χ1) is 5.77. The van der Waals surface area contributed by atoms with Gasteiger partial charge in [-0.25, -0.2) is 9.99 Å². The van der Waals surface area contributed by atoms with Crippen LogP contribution in [0.2, 0.25) is 0 Å². The molecule has 1 aromatic heterocycles. The van der Waals surface area contributed by atoms with Crippen LogP contribution in [0.3, 0.4) is 0 Å². The third-order valence-electron chi connectivity index (χ3n) is 1.43. The molecule has 0 spiro atoms. The Morgan fingerprint density at radius 2 is 2.33 bits per heavy atom. The molecule has 0 aliphatic heterocycles. The summed E-state index contributed by atoms with van der Waals surface area (Å²) in [6, 6.07) is 5.69. The van der Waals surface area contributed by atoms with Gasteiger partial charge >= 0.3 is 0 Å². The van der Waals surface area contributed by atoms with E-state index in [1.807, 2.05) is 25.1 Å². The fourth-order valence-electron chi connectivity index (χ4n) is 0.880. The summed E-state index contributed by atoms with van der Waals surface area (Å²) in [5, 5.41) is 5.24. The first kappa shape index (κ1) is 8.46. The Kier molecular flexibility index (Phi) is 2.58. The molecule has 0 fully saturated rings. The maximum Gasteiger partial charge on any atom is 0.153 e. The van der Waals surface area contributed by atoms with Crippen LogP contribution >= 0.6 is 0 Å². The van der Waals surface area contributed by atoms with Crippen molar-refractivity contribution in [3.05, 3.63) is 36.7 Å². The standard InChI is InChI=1S/C9H11N3/c1-4-12(10-3)9-7-5-6-8(2)11-9/h4-7H,1,3H2,2H3. The third-order valence-corrected chi connectivity index (χ3v) is 1.43. The van der Waals surface area contributed by atoms with Crippen molar-refractivity contribution in [2.24, 2.45) is 5.10 Å². The SMILES string of the molecule is C=CN(N=C)c1cccc(C)n1. The van der Waals surface area contributed by atoms with Crippen molar-refractivity contribution in [2.75, 3.05) is 5.01 Å². The summed E-state index contributed by atoms with van der Waals surface area (Å²) in [5.41, 5.74) is 0.947. The molecule has 1 aromatic rings. The van der Waals surface area contributed by atoms with E-state index in [4.69, 9.17) is 0 Å². The Hall–Kier alpha value is -1.64. The molecule has 0 unspecified atom stereocenters. The van der Waals surface area contributed by atoms with E-state index in [1.54, 1.807) is 6.20 Å². The Morgan fingerprint density at radius 1 is 1.58 bits per heavy atom. The minimum Gasteiger partial charge on any atom is -0.234 e. The van der Waals surface area contributed by atoms with Gasteiger partial charge in [-0.1, -0.05) is 12.6 Å². The molecule has 1 rings (SSSR count). The highest BCUT2D eigenvalue weighted by atomic mass is 15.5. The van der Waals surface area contributed by atoms with Gasteiger partial charge < -0.3 is 0 Å². The van der Waals surface area contributed by atoms with E-state index in [1.165, 1.54) is 5.01 Å². The molecular weight excluding hydrogens is 150 g/mol. The topological polar surface area (TPSA) is 28.5 Å². The second-order valence-corrected chi connectivity index (χ2v) is 2.31. The minimum atomic E-state index is 0.736. The van der Waals surface area contributed by atoms with Crippen LogP contribution in [-0.2, 0) is 0 Å². The van der Waals surface area contributed by atoms with E-state index in [0.717, 1.165) is 11.5 Å². The molecule has 0 saturated heterocycles. The maximum absolute atomic E-state index is 4.24.